The van der Waals surface area contributed by atoms with Crippen molar-refractivity contribution < 1.29 is 17.9 Å². The van der Waals surface area contributed by atoms with Gasteiger partial charge in [-0.25, -0.2) is 14.6 Å². The Morgan fingerprint density at radius 3 is 2.50 bits per heavy atom. The SMILES string of the molecule is COc1cccc(CNc2nc(C(F)(F)F)nc3c2nnn3Cc2ccccc2)c1. The largest absolute Gasteiger partial charge is 0.497 e. The van der Waals surface area contributed by atoms with Gasteiger partial charge < -0.3 is 10.1 Å². The van der Waals surface area contributed by atoms with Gasteiger partial charge >= 0.3 is 6.18 Å². The molecule has 2 aromatic heterocycles. The molecule has 0 saturated carbocycles. The lowest BCUT2D eigenvalue weighted by Gasteiger charge is -2.11. The van der Waals surface area contributed by atoms with E-state index in [4.69, 9.17) is 4.74 Å². The molecule has 4 rings (SSSR count). The highest BCUT2D eigenvalue weighted by Gasteiger charge is 2.36. The number of benzene rings is 2. The number of hydrogen-bond acceptors (Lipinski definition) is 6. The molecule has 0 fully saturated rings. The van der Waals surface area contributed by atoms with Crippen molar-refractivity contribution in [3.8, 4) is 5.75 Å². The summed E-state index contributed by atoms with van der Waals surface area (Å²) < 4.78 is 46.7. The Morgan fingerprint density at radius 1 is 1.00 bits per heavy atom. The van der Waals surface area contributed by atoms with Gasteiger partial charge in [0, 0.05) is 6.54 Å². The van der Waals surface area contributed by atoms with Crippen LogP contribution in [0, 0.1) is 0 Å². The number of halogens is 3. The first kappa shape index (κ1) is 19.6. The van der Waals surface area contributed by atoms with E-state index < -0.39 is 12.0 Å². The molecule has 0 radical (unpaired) electrons. The number of ether oxygens (including phenoxy) is 1. The van der Waals surface area contributed by atoms with Gasteiger partial charge in [-0.1, -0.05) is 47.7 Å². The van der Waals surface area contributed by atoms with Crippen molar-refractivity contribution >= 4 is 17.0 Å². The van der Waals surface area contributed by atoms with E-state index >= 15 is 0 Å². The molecule has 0 atom stereocenters. The summed E-state index contributed by atoms with van der Waals surface area (Å²) in [7, 11) is 1.54. The third-order valence-corrected chi connectivity index (χ3v) is 4.39. The van der Waals surface area contributed by atoms with Crippen LogP contribution in [0.4, 0.5) is 19.0 Å². The molecule has 154 valence electrons. The van der Waals surface area contributed by atoms with E-state index in [1.165, 1.54) is 4.68 Å². The van der Waals surface area contributed by atoms with Crippen LogP contribution in [0.25, 0.3) is 11.2 Å². The molecule has 0 saturated heterocycles. The van der Waals surface area contributed by atoms with Gasteiger partial charge in [0.2, 0.25) is 5.82 Å². The number of nitrogens with zero attached hydrogens (tertiary/aromatic N) is 5. The second kappa shape index (κ2) is 7.97. The fraction of sp³-hybridized carbons (Fsp3) is 0.200. The van der Waals surface area contributed by atoms with Crippen LogP contribution in [0.2, 0.25) is 0 Å². The highest BCUT2D eigenvalue weighted by Crippen LogP contribution is 2.30. The molecule has 0 aliphatic rings. The molecular weight excluding hydrogens is 397 g/mol. The average Bonchev–Trinajstić information content (AvgIpc) is 3.15. The molecule has 30 heavy (non-hydrogen) atoms. The first-order chi connectivity index (χ1) is 14.4. The van der Waals surface area contributed by atoms with Crippen molar-refractivity contribution in [3.05, 3.63) is 71.5 Å². The Morgan fingerprint density at radius 2 is 1.77 bits per heavy atom. The van der Waals surface area contributed by atoms with Crippen molar-refractivity contribution in [2.45, 2.75) is 19.3 Å². The minimum absolute atomic E-state index is 0.00863. The number of fused-ring (bicyclic) bond motifs is 1. The van der Waals surface area contributed by atoms with Crippen molar-refractivity contribution in [1.82, 2.24) is 25.0 Å². The third kappa shape index (κ3) is 4.17. The normalized spacial score (nSPS) is 11.6. The lowest BCUT2D eigenvalue weighted by Crippen LogP contribution is -2.15. The maximum atomic E-state index is 13.4. The number of alkyl halides is 3. The van der Waals surface area contributed by atoms with Crippen molar-refractivity contribution in [2.75, 3.05) is 12.4 Å². The highest BCUT2D eigenvalue weighted by atomic mass is 19.4. The van der Waals surface area contributed by atoms with E-state index in [2.05, 4.69) is 25.6 Å². The third-order valence-electron chi connectivity index (χ3n) is 4.39. The van der Waals surface area contributed by atoms with Gasteiger partial charge in [0.15, 0.2) is 17.0 Å². The lowest BCUT2D eigenvalue weighted by atomic mass is 10.2. The van der Waals surface area contributed by atoms with Crippen molar-refractivity contribution in [1.29, 1.82) is 0 Å². The van der Waals surface area contributed by atoms with Gasteiger partial charge in [-0.15, -0.1) is 5.10 Å². The van der Waals surface area contributed by atoms with Gasteiger partial charge in [0.25, 0.3) is 0 Å². The molecule has 0 amide bonds. The number of anilines is 1. The Labute approximate surface area is 169 Å². The smallest absolute Gasteiger partial charge is 0.451 e. The summed E-state index contributed by atoms with van der Waals surface area (Å²) in [6.07, 6.45) is -4.71. The van der Waals surface area contributed by atoms with Gasteiger partial charge in [-0.2, -0.15) is 13.2 Å². The summed E-state index contributed by atoms with van der Waals surface area (Å²) in [6.45, 7) is 0.465. The minimum atomic E-state index is -4.71. The van der Waals surface area contributed by atoms with E-state index in [0.29, 0.717) is 5.75 Å². The number of aromatic nitrogens is 5. The van der Waals surface area contributed by atoms with E-state index in [1.54, 1.807) is 25.3 Å². The number of methoxy groups -OCH3 is 1. The summed E-state index contributed by atoms with van der Waals surface area (Å²) in [5.41, 5.74) is 1.85. The molecule has 0 bridgehead atoms. The molecule has 0 unspecified atom stereocenters. The first-order valence-corrected chi connectivity index (χ1v) is 9.03. The van der Waals surface area contributed by atoms with Crippen LogP contribution >= 0.6 is 0 Å². The zero-order valence-electron chi connectivity index (χ0n) is 15.9. The van der Waals surface area contributed by atoms with Crippen LogP contribution in [0.5, 0.6) is 5.75 Å². The van der Waals surface area contributed by atoms with Gasteiger partial charge in [0.1, 0.15) is 5.75 Å². The van der Waals surface area contributed by atoms with Crippen LogP contribution < -0.4 is 10.1 Å². The van der Waals surface area contributed by atoms with Gasteiger partial charge in [0.05, 0.1) is 13.7 Å². The molecule has 7 nitrogen and oxygen atoms in total. The van der Waals surface area contributed by atoms with Crippen molar-refractivity contribution in [2.24, 2.45) is 0 Å². The second-order valence-corrected chi connectivity index (χ2v) is 6.50. The standard InChI is InChI=1S/C20H17F3N6O/c1-30-15-9-5-8-14(10-15)11-24-17-16-18(26-19(25-17)20(21,22)23)29(28-27-16)12-13-6-3-2-4-7-13/h2-10H,11-12H2,1H3,(H,24,25,26). The molecule has 2 aromatic carbocycles. The molecule has 1 N–H and O–H groups in total. The summed E-state index contributed by atoms with van der Waals surface area (Å²) in [5.74, 6) is -0.638. The van der Waals surface area contributed by atoms with Gasteiger partial charge in [-0.3, -0.25) is 0 Å². The zero-order chi connectivity index (χ0) is 21.1. The average molecular weight is 414 g/mol. The second-order valence-electron chi connectivity index (χ2n) is 6.50. The number of hydrogen-bond donors (Lipinski definition) is 1. The van der Waals surface area contributed by atoms with E-state index in [0.717, 1.165) is 11.1 Å². The van der Waals surface area contributed by atoms with E-state index in [1.807, 2.05) is 36.4 Å². The molecule has 10 heteroatoms. The summed E-state index contributed by atoms with van der Waals surface area (Å²) in [4.78, 5) is 7.34. The Hall–Kier alpha value is -3.69. The quantitative estimate of drug-likeness (QED) is 0.516. The number of nitrogens with one attached hydrogen (secondary N) is 1. The maximum absolute atomic E-state index is 13.4. The molecule has 0 aliphatic carbocycles. The lowest BCUT2D eigenvalue weighted by molar-refractivity contribution is -0.144. The highest BCUT2D eigenvalue weighted by molar-refractivity contribution is 5.82. The first-order valence-electron chi connectivity index (χ1n) is 9.03. The van der Waals surface area contributed by atoms with Gasteiger partial charge in [-0.05, 0) is 23.3 Å². The monoisotopic (exact) mass is 414 g/mol. The zero-order valence-corrected chi connectivity index (χ0v) is 15.9. The van der Waals surface area contributed by atoms with Crippen molar-refractivity contribution in [3.63, 3.8) is 0 Å². The Bertz CT molecular complexity index is 1160. The van der Waals surface area contributed by atoms with Crippen LogP contribution in [0.1, 0.15) is 17.0 Å². The summed E-state index contributed by atoms with van der Waals surface area (Å²) in [6, 6.07) is 16.4. The summed E-state index contributed by atoms with van der Waals surface area (Å²) in [5, 5.41) is 10.9. The Kier molecular flexibility index (Phi) is 5.21. The summed E-state index contributed by atoms with van der Waals surface area (Å²) >= 11 is 0. The molecule has 0 spiro atoms. The number of rotatable bonds is 6. The van der Waals surface area contributed by atoms with Crippen LogP contribution in [0.3, 0.4) is 0 Å². The fourth-order valence-corrected chi connectivity index (χ4v) is 2.94. The van der Waals surface area contributed by atoms with E-state index in [-0.39, 0.29) is 30.1 Å². The predicted molar refractivity (Wildman–Crippen MR) is 104 cm³/mol. The predicted octanol–water partition coefficient (Wildman–Crippen LogP) is 3.91. The minimum Gasteiger partial charge on any atom is -0.497 e. The van der Waals surface area contributed by atoms with Crippen LogP contribution in [0.15, 0.2) is 54.6 Å². The fourth-order valence-electron chi connectivity index (χ4n) is 2.94. The Balaban J connectivity index is 1.70. The molecule has 2 heterocycles. The van der Waals surface area contributed by atoms with E-state index in [9.17, 15) is 13.2 Å². The maximum Gasteiger partial charge on any atom is 0.451 e. The van der Waals surface area contributed by atoms with Crippen LogP contribution in [-0.2, 0) is 19.3 Å². The van der Waals surface area contributed by atoms with Crippen LogP contribution in [-0.4, -0.2) is 32.1 Å². The molecular formula is C20H17F3N6O. The topological polar surface area (TPSA) is 77.8 Å². The molecule has 4 aromatic rings. The molecule has 0 aliphatic heterocycles.